The van der Waals surface area contributed by atoms with E-state index >= 15 is 0 Å². The SMILES string of the molecule is CCCn1nncc1C(NC)c1ccc(Cl)s1. The molecule has 0 spiro atoms. The lowest BCUT2D eigenvalue weighted by Crippen LogP contribution is -2.20. The number of hydrogen-bond donors (Lipinski definition) is 1. The third kappa shape index (κ3) is 2.68. The van der Waals surface area contributed by atoms with Gasteiger partial charge in [0.05, 0.1) is 22.3 Å². The summed E-state index contributed by atoms with van der Waals surface area (Å²) in [5.74, 6) is 0. The van der Waals surface area contributed by atoms with E-state index in [4.69, 9.17) is 11.6 Å². The summed E-state index contributed by atoms with van der Waals surface area (Å²) < 4.78 is 2.74. The Morgan fingerprint density at radius 2 is 2.35 bits per heavy atom. The fraction of sp³-hybridized carbons (Fsp3) is 0.455. The van der Waals surface area contributed by atoms with E-state index in [0.29, 0.717) is 0 Å². The molecule has 1 unspecified atom stereocenters. The van der Waals surface area contributed by atoms with Gasteiger partial charge in [-0.1, -0.05) is 23.7 Å². The van der Waals surface area contributed by atoms with E-state index in [1.54, 1.807) is 11.3 Å². The number of nitrogens with one attached hydrogen (secondary N) is 1. The molecule has 6 heteroatoms. The van der Waals surface area contributed by atoms with Crippen molar-refractivity contribution in [3.05, 3.63) is 33.2 Å². The van der Waals surface area contributed by atoms with E-state index in [1.165, 1.54) is 4.88 Å². The highest BCUT2D eigenvalue weighted by molar-refractivity contribution is 7.16. The molecule has 2 aromatic heterocycles. The number of aryl methyl sites for hydroxylation is 1. The summed E-state index contributed by atoms with van der Waals surface area (Å²) in [6.45, 7) is 3.01. The summed E-state index contributed by atoms with van der Waals surface area (Å²) >= 11 is 7.56. The standard InChI is InChI=1S/C11H15ClN4S/c1-3-6-16-8(7-14-15-16)11(13-2)9-4-5-10(12)17-9/h4-5,7,11,13H,3,6H2,1-2H3. The van der Waals surface area contributed by atoms with Crippen LogP contribution in [0.3, 0.4) is 0 Å². The molecule has 1 N–H and O–H groups in total. The topological polar surface area (TPSA) is 42.7 Å². The summed E-state index contributed by atoms with van der Waals surface area (Å²) in [5, 5.41) is 11.4. The van der Waals surface area contributed by atoms with Crippen molar-refractivity contribution >= 4 is 22.9 Å². The molecule has 0 radical (unpaired) electrons. The number of rotatable bonds is 5. The predicted octanol–water partition coefficient (Wildman–Crippen LogP) is 2.71. The highest BCUT2D eigenvalue weighted by Gasteiger charge is 2.18. The molecule has 0 bridgehead atoms. The van der Waals surface area contributed by atoms with E-state index in [9.17, 15) is 0 Å². The monoisotopic (exact) mass is 270 g/mol. The second-order valence-corrected chi connectivity index (χ2v) is 5.49. The Balaban J connectivity index is 2.31. The van der Waals surface area contributed by atoms with Crippen molar-refractivity contribution in [2.75, 3.05) is 7.05 Å². The molecule has 2 aromatic rings. The molecule has 4 nitrogen and oxygen atoms in total. The number of aromatic nitrogens is 3. The minimum Gasteiger partial charge on any atom is -0.307 e. The van der Waals surface area contributed by atoms with Gasteiger partial charge in [-0.05, 0) is 25.6 Å². The molecule has 0 fully saturated rings. The zero-order valence-corrected chi connectivity index (χ0v) is 11.4. The molecule has 17 heavy (non-hydrogen) atoms. The first-order valence-corrected chi connectivity index (χ1v) is 6.76. The highest BCUT2D eigenvalue weighted by atomic mass is 35.5. The van der Waals surface area contributed by atoms with Crippen LogP contribution in [0, 0.1) is 0 Å². The van der Waals surface area contributed by atoms with Crippen molar-refractivity contribution in [3.63, 3.8) is 0 Å². The molecule has 0 amide bonds. The maximum Gasteiger partial charge on any atom is 0.0931 e. The zero-order valence-electron chi connectivity index (χ0n) is 9.85. The molecular formula is C11H15ClN4S. The Morgan fingerprint density at radius 1 is 1.53 bits per heavy atom. The minimum atomic E-state index is 0.106. The minimum absolute atomic E-state index is 0.106. The summed E-state index contributed by atoms with van der Waals surface area (Å²) in [6, 6.07) is 4.06. The normalized spacial score (nSPS) is 12.9. The third-order valence-corrected chi connectivity index (χ3v) is 3.84. The number of nitrogens with zero attached hydrogens (tertiary/aromatic N) is 3. The van der Waals surface area contributed by atoms with Crippen LogP contribution >= 0.6 is 22.9 Å². The van der Waals surface area contributed by atoms with Gasteiger partial charge in [0.1, 0.15) is 0 Å². The highest BCUT2D eigenvalue weighted by Crippen LogP contribution is 2.30. The maximum absolute atomic E-state index is 5.98. The van der Waals surface area contributed by atoms with Gasteiger partial charge in [0.2, 0.25) is 0 Å². The van der Waals surface area contributed by atoms with Crippen LogP contribution in [-0.4, -0.2) is 22.0 Å². The van der Waals surface area contributed by atoms with Crippen molar-refractivity contribution in [1.29, 1.82) is 0 Å². The first-order chi connectivity index (χ1) is 8.26. The van der Waals surface area contributed by atoms with Crippen LogP contribution in [0.25, 0.3) is 0 Å². The summed E-state index contributed by atoms with van der Waals surface area (Å²) in [6.07, 6.45) is 2.85. The quantitative estimate of drug-likeness (QED) is 0.908. The summed E-state index contributed by atoms with van der Waals surface area (Å²) in [7, 11) is 1.93. The van der Waals surface area contributed by atoms with Crippen LogP contribution < -0.4 is 5.32 Å². The van der Waals surface area contributed by atoms with E-state index < -0.39 is 0 Å². The van der Waals surface area contributed by atoms with E-state index in [-0.39, 0.29) is 6.04 Å². The van der Waals surface area contributed by atoms with Crippen LogP contribution in [-0.2, 0) is 6.54 Å². The van der Waals surface area contributed by atoms with Crippen molar-refractivity contribution in [3.8, 4) is 0 Å². The molecule has 92 valence electrons. The van der Waals surface area contributed by atoms with Crippen LogP contribution in [0.2, 0.25) is 4.34 Å². The van der Waals surface area contributed by atoms with E-state index in [0.717, 1.165) is 23.0 Å². The average Bonchev–Trinajstić information content (AvgIpc) is 2.91. The fourth-order valence-corrected chi connectivity index (χ4v) is 2.98. The van der Waals surface area contributed by atoms with Crippen LogP contribution in [0.1, 0.15) is 30.0 Å². The molecule has 2 heterocycles. The number of thiophene rings is 1. The van der Waals surface area contributed by atoms with E-state index in [1.807, 2.05) is 30.1 Å². The van der Waals surface area contributed by atoms with Crippen molar-refractivity contribution in [1.82, 2.24) is 20.3 Å². The molecule has 0 aliphatic carbocycles. The average molecular weight is 271 g/mol. The van der Waals surface area contributed by atoms with Crippen molar-refractivity contribution < 1.29 is 0 Å². The summed E-state index contributed by atoms with van der Waals surface area (Å²) in [4.78, 5) is 1.18. The molecular weight excluding hydrogens is 256 g/mol. The molecule has 0 saturated carbocycles. The fourth-order valence-electron chi connectivity index (χ4n) is 1.79. The van der Waals surface area contributed by atoms with Gasteiger partial charge in [-0.15, -0.1) is 16.4 Å². The van der Waals surface area contributed by atoms with Gasteiger partial charge in [-0.2, -0.15) is 0 Å². The lowest BCUT2D eigenvalue weighted by atomic mass is 10.2. The Hall–Kier alpha value is -0.910. The number of hydrogen-bond acceptors (Lipinski definition) is 4. The molecule has 0 aliphatic heterocycles. The lowest BCUT2D eigenvalue weighted by Gasteiger charge is -2.15. The van der Waals surface area contributed by atoms with Crippen LogP contribution in [0.15, 0.2) is 18.3 Å². The van der Waals surface area contributed by atoms with Gasteiger partial charge in [0.25, 0.3) is 0 Å². The molecule has 1 atom stereocenters. The molecule has 2 rings (SSSR count). The lowest BCUT2D eigenvalue weighted by molar-refractivity contribution is 0.526. The smallest absolute Gasteiger partial charge is 0.0931 e. The van der Waals surface area contributed by atoms with Gasteiger partial charge in [-0.25, -0.2) is 4.68 Å². The third-order valence-electron chi connectivity index (χ3n) is 2.55. The Labute approximate surface area is 110 Å². The van der Waals surface area contributed by atoms with Crippen LogP contribution in [0.4, 0.5) is 0 Å². The van der Waals surface area contributed by atoms with Gasteiger partial charge in [0.15, 0.2) is 0 Å². The Bertz CT molecular complexity index is 479. The maximum atomic E-state index is 5.98. The largest absolute Gasteiger partial charge is 0.307 e. The molecule has 0 aromatic carbocycles. The Morgan fingerprint density at radius 3 is 2.94 bits per heavy atom. The van der Waals surface area contributed by atoms with Gasteiger partial charge in [0, 0.05) is 11.4 Å². The second-order valence-electron chi connectivity index (χ2n) is 3.75. The molecule has 0 saturated heterocycles. The Kier molecular flexibility index (Phi) is 4.15. The number of halogens is 1. The molecule has 0 aliphatic rings. The zero-order chi connectivity index (χ0) is 12.3. The predicted molar refractivity (Wildman–Crippen MR) is 70.5 cm³/mol. The van der Waals surface area contributed by atoms with E-state index in [2.05, 4.69) is 22.6 Å². The van der Waals surface area contributed by atoms with Crippen molar-refractivity contribution in [2.24, 2.45) is 0 Å². The van der Waals surface area contributed by atoms with Gasteiger partial charge >= 0.3 is 0 Å². The van der Waals surface area contributed by atoms with Gasteiger partial charge < -0.3 is 5.32 Å². The first-order valence-electron chi connectivity index (χ1n) is 5.57. The second kappa shape index (κ2) is 5.62. The first kappa shape index (κ1) is 12.5. The van der Waals surface area contributed by atoms with Crippen molar-refractivity contribution in [2.45, 2.75) is 25.9 Å². The van der Waals surface area contributed by atoms with Crippen LogP contribution in [0.5, 0.6) is 0 Å². The summed E-state index contributed by atoms with van der Waals surface area (Å²) in [5.41, 5.74) is 1.08. The van der Waals surface area contributed by atoms with Gasteiger partial charge in [-0.3, -0.25) is 0 Å².